The number of pyridine rings is 3. The lowest BCUT2D eigenvalue weighted by atomic mass is 9.98. The van der Waals surface area contributed by atoms with Gasteiger partial charge in [-0.3, -0.25) is 19.3 Å². The molecule has 6 aromatic rings. The summed E-state index contributed by atoms with van der Waals surface area (Å²) in [5, 5.41) is 5.02. The van der Waals surface area contributed by atoms with Crippen LogP contribution in [0, 0.1) is 6.92 Å². The maximum Gasteiger partial charge on any atom is 0.263 e. The molecule has 4 aromatic heterocycles. The molecular formula is C30H24N6O. The molecule has 1 N–H and O–H groups in total. The summed E-state index contributed by atoms with van der Waals surface area (Å²) in [5.41, 5.74) is 5.72. The molecule has 1 atom stereocenters. The van der Waals surface area contributed by atoms with Crippen LogP contribution in [0.5, 0.6) is 0 Å². The van der Waals surface area contributed by atoms with Crippen LogP contribution in [0.1, 0.15) is 24.4 Å². The Morgan fingerprint density at radius 2 is 1.70 bits per heavy atom. The molecular weight excluding hydrogens is 460 g/mol. The highest BCUT2D eigenvalue weighted by Crippen LogP contribution is 2.30. The highest BCUT2D eigenvalue weighted by molar-refractivity contribution is 5.96. The Labute approximate surface area is 213 Å². The van der Waals surface area contributed by atoms with Crippen molar-refractivity contribution in [1.82, 2.24) is 24.5 Å². The third-order valence-electron chi connectivity index (χ3n) is 6.49. The third-order valence-corrected chi connectivity index (χ3v) is 6.49. The smallest absolute Gasteiger partial charge is 0.263 e. The van der Waals surface area contributed by atoms with Gasteiger partial charge >= 0.3 is 0 Å². The summed E-state index contributed by atoms with van der Waals surface area (Å²) in [6, 6.07) is 25.2. The van der Waals surface area contributed by atoms with Crippen LogP contribution >= 0.6 is 0 Å². The lowest BCUT2D eigenvalue weighted by molar-refractivity contribution is 0.774. The molecule has 37 heavy (non-hydrogen) atoms. The minimum absolute atomic E-state index is 0.0805. The molecule has 0 aliphatic heterocycles. The number of anilines is 1. The Hall–Kier alpha value is -4.91. The summed E-state index contributed by atoms with van der Waals surface area (Å²) in [7, 11) is 0. The van der Waals surface area contributed by atoms with E-state index in [-0.39, 0.29) is 11.6 Å². The van der Waals surface area contributed by atoms with Crippen molar-refractivity contribution in [2.24, 2.45) is 0 Å². The molecule has 0 saturated carbocycles. The van der Waals surface area contributed by atoms with Crippen molar-refractivity contribution in [3.05, 3.63) is 119 Å². The molecule has 0 amide bonds. The van der Waals surface area contributed by atoms with Crippen LogP contribution in [0.25, 0.3) is 38.6 Å². The fraction of sp³-hybridized carbons (Fsp3) is 0.100. The highest BCUT2D eigenvalue weighted by Gasteiger charge is 2.20. The van der Waals surface area contributed by atoms with Gasteiger partial charge in [-0.25, -0.2) is 9.97 Å². The van der Waals surface area contributed by atoms with Gasteiger partial charge in [-0.05, 0) is 72.8 Å². The first kappa shape index (κ1) is 22.5. The number of benzene rings is 2. The fourth-order valence-electron chi connectivity index (χ4n) is 4.78. The number of rotatable bonds is 5. The van der Waals surface area contributed by atoms with E-state index in [1.165, 1.54) is 6.33 Å². The Bertz CT molecular complexity index is 1810. The molecule has 0 fully saturated rings. The summed E-state index contributed by atoms with van der Waals surface area (Å²) in [5.74, 6) is 0.617. The second-order valence-electron chi connectivity index (χ2n) is 8.96. The van der Waals surface area contributed by atoms with Crippen molar-refractivity contribution in [2.45, 2.75) is 19.9 Å². The third kappa shape index (κ3) is 4.10. The lowest BCUT2D eigenvalue weighted by Gasteiger charge is -2.22. The quantitative estimate of drug-likeness (QED) is 0.329. The van der Waals surface area contributed by atoms with Gasteiger partial charge in [0.05, 0.1) is 16.9 Å². The molecule has 7 nitrogen and oxygen atoms in total. The average molecular weight is 485 g/mol. The molecule has 0 aliphatic rings. The standard InChI is InChI=1S/C30H24N6O/c1-19-16-21(13-15-31-19)24-11-6-8-22-17-26(36(30(37)27(22)24)23-9-4-3-5-10-23)20(2)35-29-28-25(33-18-34-29)12-7-14-32-28/h3-18,20H,1-2H3,(H,33,34,35). The summed E-state index contributed by atoms with van der Waals surface area (Å²) in [4.78, 5) is 31.8. The van der Waals surface area contributed by atoms with Crippen molar-refractivity contribution >= 4 is 27.6 Å². The second kappa shape index (κ2) is 9.28. The second-order valence-corrected chi connectivity index (χ2v) is 8.96. The van der Waals surface area contributed by atoms with Crippen LogP contribution in [0.2, 0.25) is 0 Å². The van der Waals surface area contributed by atoms with Gasteiger partial charge in [0.2, 0.25) is 0 Å². The molecule has 1 unspecified atom stereocenters. The molecule has 7 heteroatoms. The number of hydrogen-bond donors (Lipinski definition) is 1. The monoisotopic (exact) mass is 484 g/mol. The zero-order chi connectivity index (χ0) is 25.4. The Morgan fingerprint density at radius 3 is 2.54 bits per heavy atom. The van der Waals surface area contributed by atoms with Gasteiger partial charge in [0.25, 0.3) is 5.56 Å². The summed E-state index contributed by atoms with van der Waals surface area (Å²) in [6.07, 6.45) is 5.02. The van der Waals surface area contributed by atoms with Crippen molar-refractivity contribution in [1.29, 1.82) is 0 Å². The molecule has 0 saturated heterocycles. The van der Waals surface area contributed by atoms with Gasteiger partial charge in [-0.15, -0.1) is 0 Å². The lowest BCUT2D eigenvalue weighted by Crippen LogP contribution is -2.26. The first-order valence-electron chi connectivity index (χ1n) is 12.1. The first-order chi connectivity index (χ1) is 18.1. The van der Waals surface area contributed by atoms with E-state index >= 15 is 0 Å². The Kier molecular flexibility index (Phi) is 5.65. The van der Waals surface area contributed by atoms with E-state index in [1.54, 1.807) is 17.0 Å². The minimum Gasteiger partial charge on any atom is -0.360 e. The van der Waals surface area contributed by atoms with Gasteiger partial charge < -0.3 is 5.32 Å². The van der Waals surface area contributed by atoms with Crippen molar-refractivity contribution in [3.63, 3.8) is 0 Å². The van der Waals surface area contributed by atoms with Crippen LogP contribution in [0.3, 0.4) is 0 Å². The van der Waals surface area contributed by atoms with Gasteiger partial charge in [0, 0.05) is 29.5 Å². The van der Waals surface area contributed by atoms with E-state index < -0.39 is 0 Å². The van der Waals surface area contributed by atoms with Crippen LogP contribution in [-0.2, 0) is 0 Å². The number of aryl methyl sites for hydroxylation is 1. The van der Waals surface area contributed by atoms with E-state index in [2.05, 4.69) is 31.3 Å². The SMILES string of the molecule is Cc1cc(-c2cccc3cc(C(C)Nc4ncnc5cccnc45)n(-c4ccccc4)c(=O)c23)ccn1. The number of hydrogen-bond acceptors (Lipinski definition) is 6. The van der Waals surface area contributed by atoms with E-state index in [9.17, 15) is 4.79 Å². The normalized spacial score (nSPS) is 12.1. The predicted octanol–water partition coefficient (Wildman–Crippen LogP) is 5.87. The minimum atomic E-state index is -0.260. The van der Waals surface area contributed by atoms with Crippen LogP contribution in [0.15, 0.2) is 102 Å². The largest absolute Gasteiger partial charge is 0.360 e. The van der Waals surface area contributed by atoms with E-state index in [0.29, 0.717) is 16.7 Å². The fourth-order valence-corrected chi connectivity index (χ4v) is 4.78. The Balaban J connectivity index is 1.57. The number of fused-ring (bicyclic) bond motifs is 2. The van der Waals surface area contributed by atoms with Crippen molar-refractivity contribution in [3.8, 4) is 16.8 Å². The van der Waals surface area contributed by atoms with Crippen LogP contribution in [0.4, 0.5) is 5.82 Å². The van der Waals surface area contributed by atoms with E-state index in [0.717, 1.165) is 39.1 Å². The van der Waals surface area contributed by atoms with Crippen LogP contribution in [-0.4, -0.2) is 24.5 Å². The molecule has 180 valence electrons. The summed E-state index contributed by atoms with van der Waals surface area (Å²) < 4.78 is 1.79. The van der Waals surface area contributed by atoms with Crippen molar-refractivity contribution in [2.75, 3.05) is 5.32 Å². The molecule has 0 radical (unpaired) electrons. The maximum absolute atomic E-state index is 14.3. The zero-order valence-electron chi connectivity index (χ0n) is 20.5. The average Bonchev–Trinajstić information content (AvgIpc) is 2.93. The van der Waals surface area contributed by atoms with E-state index in [4.69, 9.17) is 0 Å². The molecule has 6 rings (SSSR count). The molecule has 0 bridgehead atoms. The highest BCUT2D eigenvalue weighted by atomic mass is 16.1. The number of nitrogens with zero attached hydrogens (tertiary/aromatic N) is 5. The number of aromatic nitrogens is 5. The molecule has 0 spiro atoms. The topological polar surface area (TPSA) is 85.6 Å². The number of para-hydroxylation sites is 1. The predicted molar refractivity (Wildman–Crippen MR) is 147 cm³/mol. The first-order valence-corrected chi connectivity index (χ1v) is 12.1. The Morgan fingerprint density at radius 1 is 0.838 bits per heavy atom. The van der Waals surface area contributed by atoms with Gasteiger partial charge in [0.1, 0.15) is 11.8 Å². The number of nitrogens with one attached hydrogen (secondary N) is 1. The van der Waals surface area contributed by atoms with Gasteiger partial charge in [0.15, 0.2) is 5.82 Å². The van der Waals surface area contributed by atoms with E-state index in [1.807, 2.05) is 86.6 Å². The van der Waals surface area contributed by atoms with Crippen LogP contribution < -0.4 is 10.9 Å². The van der Waals surface area contributed by atoms with Gasteiger partial charge in [-0.1, -0.05) is 36.4 Å². The van der Waals surface area contributed by atoms with Gasteiger partial charge in [-0.2, -0.15) is 0 Å². The molecule has 0 aliphatic carbocycles. The summed E-state index contributed by atoms with van der Waals surface area (Å²) in [6.45, 7) is 3.97. The zero-order valence-corrected chi connectivity index (χ0v) is 20.5. The molecule has 4 heterocycles. The molecule has 2 aromatic carbocycles. The maximum atomic E-state index is 14.3. The van der Waals surface area contributed by atoms with Crippen molar-refractivity contribution < 1.29 is 0 Å². The summed E-state index contributed by atoms with van der Waals surface area (Å²) >= 11 is 0.